The van der Waals surface area contributed by atoms with Gasteiger partial charge in [-0.3, -0.25) is 14.4 Å². The van der Waals surface area contributed by atoms with E-state index in [1.807, 2.05) is 30.3 Å². The molecular weight excluding hydrogens is 464 g/mol. The van der Waals surface area contributed by atoms with Crippen LogP contribution in [0.1, 0.15) is 25.0 Å². The summed E-state index contributed by atoms with van der Waals surface area (Å²) >= 11 is 0. The van der Waals surface area contributed by atoms with Gasteiger partial charge in [-0.15, -0.1) is 0 Å². The Morgan fingerprint density at radius 3 is 2.44 bits per heavy atom. The second-order valence-corrected chi connectivity index (χ2v) is 8.69. The number of nitrogens with one attached hydrogen (secondary N) is 3. The van der Waals surface area contributed by atoms with Crippen LogP contribution in [0.15, 0.2) is 67.1 Å². The first-order valence-corrected chi connectivity index (χ1v) is 11.2. The lowest BCUT2D eigenvalue weighted by Crippen LogP contribution is -2.59. The summed E-state index contributed by atoms with van der Waals surface area (Å²) in [6, 6.07) is 14.3. The highest BCUT2D eigenvalue weighted by atomic mass is 19.1. The van der Waals surface area contributed by atoms with E-state index >= 15 is 0 Å². The van der Waals surface area contributed by atoms with Gasteiger partial charge in [0.2, 0.25) is 13.8 Å². The molecule has 1 heterocycles. The molecule has 1 unspecified atom stereocenters. The van der Waals surface area contributed by atoms with Gasteiger partial charge in [-0.05, 0) is 37.1 Å². The molecule has 3 N–H and O–H groups in total. The molecule has 0 aliphatic rings. The number of halogens is 1. The Bertz CT molecular complexity index is 1180. The molecule has 0 aliphatic heterocycles. The van der Waals surface area contributed by atoms with Crippen LogP contribution in [0.4, 0.5) is 15.0 Å². The Kier molecular flexibility index (Phi) is 8.96. The Labute approximate surface area is 209 Å². The second kappa shape index (κ2) is 12.1. The van der Waals surface area contributed by atoms with E-state index in [1.54, 1.807) is 22.9 Å². The van der Waals surface area contributed by atoms with Crippen LogP contribution in [0.3, 0.4) is 0 Å². The first kappa shape index (κ1) is 26.6. The van der Waals surface area contributed by atoms with Crippen molar-refractivity contribution in [2.75, 3.05) is 11.9 Å². The maximum absolute atomic E-state index is 13.1. The number of anilines is 1. The number of carbonyl (C=O) groups excluding carboxylic acids is 3. The van der Waals surface area contributed by atoms with Gasteiger partial charge in [-0.2, -0.15) is 0 Å². The Morgan fingerprint density at radius 2 is 1.78 bits per heavy atom. The van der Waals surface area contributed by atoms with E-state index in [1.165, 1.54) is 32.3 Å². The number of imidazole rings is 1. The maximum Gasteiger partial charge on any atom is 0.250 e. The summed E-state index contributed by atoms with van der Waals surface area (Å²) in [4.78, 5) is 41.2. The van der Waals surface area contributed by atoms with Crippen LogP contribution >= 0.6 is 0 Å². The number of nitrogens with zero attached hydrogens (tertiary/aromatic N) is 2. The van der Waals surface area contributed by atoms with Crippen LogP contribution in [-0.2, 0) is 27.5 Å². The number of amides is 3. The van der Waals surface area contributed by atoms with Crippen molar-refractivity contribution in [3.63, 3.8) is 0 Å². The minimum atomic E-state index is -1.36. The molecule has 0 spiro atoms. The van der Waals surface area contributed by atoms with Crippen molar-refractivity contribution in [1.82, 2.24) is 20.2 Å². The Hall–Kier alpha value is -3.99. The summed E-state index contributed by atoms with van der Waals surface area (Å²) < 4.78 is 20.5. The number of hydrogen-bond acceptors (Lipinski definition) is 5. The largest absolute Gasteiger partial charge is 0.374 e. The van der Waals surface area contributed by atoms with Crippen molar-refractivity contribution in [3.8, 4) is 0 Å². The van der Waals surface area contributed by atoms with Gasteiger partial charge < -0.3 is 25.3 Å². The second-order valence-electron chi connectivity index (χ2n) is 8.69. The molecule has 3 amide bonds. The number of rotatable bonds is 11. The molecule has 36 heavy (non-hydrogen) atoms. The summed E-state index contributed by atoms with van der Waals surface area (Å²) in [5.74, 6) is -2.11. The Balaban J connectivity index is 1.66. The molecule has 0 aliphatic carbocycles. The average Bonchev–Trinajstić information content (AvgIpc) is 3.26. The van der Waals surface area contributed by atoms with E-state index in [0.717, 1.165) is 11.1 Å². The van der Waals surface area contributed by atoms with E-state index in [4.69, 9.17) is 12.6 Å². The standard InChI is InChI=1S/C25H27BFN5O4/c1-25(2,31-24(26)35)23(34)29-20(15-36-14-18-6-4-3-5-7-18)22(33)30-21-13-32(16-28-21)12-17-8-10-19(27)11-9-17/h3-11,13,16,20H,12,14-15H2,1-2H3,(H,29,34)(H,30,33)(H,31,35). The highest BCUT2D eigenvalue weighted by molar-refractivity contribution is 6.57. The molecule has 11 heteroatoms. The fraction of sp³-hybridized carbons (Fsp3) is 0.280. The highest BCUT2D eigenvalue weighted by Crippen LogP contribution is 2.10. The number of hydrogen-bond donors (Lipinski definition) is 3. The molecule has 0 saturated heterocycles. The lowest BCUT2D eigenvalue weighted by atomic mass is 10.00. The van der Waals surface area contributed by atoms with Crippen molar-refractivity contribution in [3.05, 3.63) is 84.1 Å². The summed E-state index contributed by atoms with van der Waals surface area (Å²) in [6.45, 7) is 3.45. The third kappa shape index (κ3) is 8.05. The molecule has 3 rings (SSSR count). The van der Waals surface area contributed by atoms with Crippen molar-refractivity contribution in [2.45, 2.75) is 38.6 Å². The van der Waals surface area contributed by atoms with Crippen molar-refractivity contribution in [2.24, 2.45) is 0 Å². The fourth-order valence-corrected chi connectivity index (χ4v) is 3.28. The SMILES string of the molecule is [B]C(=O)NC(C)(C)C(=O)NC(COCc1ccccc1)C(=O)Nc1cn(Cc2ccc(F)cc2)cn1. The molecule has 2 aromatic carbocycles. The van der Waals surface area contributed by atoms with E-state index in [-0.39, 0.29) is 24.8 Å². The van der Waals surface area contributed by atoms with E-state index in [2.05, 4.69) is 20.9 Å². The predicted octanol–water partition coefficient (Wildman–Crippen LogP) is 2.37. The fourth-order valence-electron chi connectivity index (χ4n) is 3.28. The number of carbonyl (C=O) groups is 3. The van der Waals surface area contributed by atoms with Crippen molar-refractivity contribution >= 4 is 31.3 Å². The summed E-state index contributed by atoms with van der Waals surface area (Å²) in [5.41, 5.74) is 0.397. The number of benzene rings is 2. The van der Waals surface area contributed by atoms with Gasteiger partial charge in [-0.25, -0.2) is 9.37 Å². The molecular formula is C25H27BFN5O4. The van der Waals surface area contributed by atoms with Crippen molar-refractivity contribution in [1.29, 1.82) is 0 Å². The zero-order valence-corrected chi connectivity index (χ0v) is 20.0. The first-order valence-electron chi connectivity index (χ1n) is 11.2. The molecule has 0 fully saturated rings. The average molecular weight is 491 g/mol. The highest BCUT2D eigenvalue weighted by Gasteiger charge is 2.32. The van der Waals surface area contributed by atoms with Gasteiger partial charge in [-0.1, -0.05) is 42.5 Å². The lowest BCUT2D eigenvalue weighted by molar-refractivity contribution is -0.131. The molecule has 1 atom stereocenters. The third-order valence-electron chi connectivity index (χ3n) is 5.18. The summed E-state index contributed by atoms with van der Waals surface area (Å²) in [7, 11) is 5.16. The Morgan fingerprint density at radius 1 is 1.08 bits per heavy atom. The predicted molar refractivity (Wildman–Crippen MR) is 133 cm³/mol. The quantitative estimate of drug-likeness (QED) is 0.357. The smallest absolute Gasteiger partial charge is 0.250 e. The minimum absolute atomic E-state index is 0.130. The molecule has 3 aromatic rings. The normalized spacial score (nSPS) is 12.0. The summed E-state index contributed by atoms with van der Waals surface area (Å²) in [5, 5.41) is 7.61. The minimum Gasteiger partial charge on any atom is -0.374 e. The van der Waals surface area contributed by atoms with Gasteiger partial charge in [0.05, 0.1) is 19.5 Å². The van der Waals surface area contributed by atoms with E-state index in [9.17, 15) is 18.8 Å². The van der Waals surface area contributed by atoms with Gasteiger partial charge in [0, 0.05) is 12.7 Å². The molecule has 1 aromatic heterocycles. The molecule has 0 saturated carbocycles. The zero-order chi connectivity index (χ0) is 26.1. The van der Waals surface area contributed by atoms with Crippen molar-refractivity contribution < 1.29 is 23.5 Å². The van der Waals surface area contributed by atoms with Gasteiger partial charge >= 0.3 is 0 Å². The van der Waals surface area contributed by atoms with E-state index < -0.39 is 29.2 Å². The van der Waals surface area contributed by atoms with E-state index in [0.29, 0.717) is 6.54 Å². The van der Waals surface area contributed by atoms with Crippen LogP contribution in [0, 0.1) is 5.82 Å². The molecule has 9 nitrogen and oxygen atoms in total. The van der Waals surface area contributed by atoms with Crippen LogP contribution in [0.2, 0.25) is 0 Å². The summed E-state index contributed by atoms with van der Waals surface area (Å²) in [6.07, 6.45) is 3.14. The van der Waals surface area contributed by atoms with Crippen LogP contribution in [-0.4, -0.2) is 53.2 Å². The van der Waals surface area contributed by atoms with Gasteiger partial charge in [0.15, 0.2) is 11.6 Å². The maximum atomic E-state index is 13.1. The molecule has 186 valence electrons. The first-order chi connectivity index (χ1) is 17.1. The number of ether oxygens (including phenoxy) is 1. The monoisotopic (exact) mass is 491 g/mol. The molecule has 0 bridgehead atoms. The van der Waals surface area contributed by atoms with Crippen LogP contribution in [0.25, 0.3) is 0 Å². The lowest BCUT2D eigenvalue weighted by Gasteiger charge is -2.27. The third-order valence-corrected chi connectivity index (χ3v) is 5.18. The zero-order valence-electron chi connectivity index (χ0n) is 20.0. The van der Waals surface area contributed by atoms with Crippen LogP contribution < -0.4 is 16.0 Å². The van der Waals surface area contributed by atoms with Gasteiger partial charge in [0.1, 0.15) is 17.4 Å². The molecule has 2 radical (unpaired) electrons. The topological polar surface area (TPSA) is 114 Å². The number of aromatic nitrogens is 2. The van der Waals surface area contributed by atoms with Gasteiger partial charge in [0.25, 0.3) is 5.91 Å². The van der Waals surface area contributed by atoms with Crippen LogP contribution in [0.5, 0.6) is 0 Å².